The molecule has 1 saturated heterocycles. The van der Waals surface area contributed by atoms with Crippen molar-refractivity contribution in [3.05, 3.63) is 90.0 Å². The lowest BCUT2D eigenvalue weighted by Crippen LogP contribution is -2.60. The summed E-state index contributed by atoms with van der Waals surface area (Å²) in [5.41, 5.74) is 2.13. The van der Waals surface area contributed by atoms with Gasteiger partial charge in [-0.15, -0.1) is 0 Å². The fourth-order valence-electron chi connectivity index (χ4n) is 4.38. The maximum absolute atomic E-state index is 13.0. The number of methoxy groups -OCH3 is 1. The van der Waals surface area contributed by atoms with Gasteiger partial charge in [0.25, 0.3) is 0 Å². The summed E-state index contributed by atoms with van der Waals surface area (Å²) in [6.07, 6.45) is 1.27. The number of carbonyl (C=O) groups is 1. The first-order valence-corrected chi connectivity index (χ1v) is 15.5. The van der Waals surface area contributed by atoms with Gasteiger partial charge in [0.05, 0.1) is 12.0 Å². The predicted molar refractivity (Wildman–Crippen MR) is 159 cm³/mol. The monoisotopic (exact) mass is 597 g/mol. The van der Waals surface area contributed by atoms with Gasteiger partial charge in [-0.05, 0) is 66.8 Å². The van der Waals surface area contributed by atoms with Crippen molar-refractivity contribution in [2.45, 2.75) is 42.9 Å². The largest absolute Gasteiger partial charge is 0.491 e. The normalized spacial score (nSPS) is 14.5. The number of nitrogens with zero attached hydrogens (tertiary/aromatic N) is 1. The van der Waals surface area contributed by atoms with Crippen molar-refractivity contribution in [1.82, 2.24) is 14.9 Å². The Morgan fingerprint density at radius 3 is 2.26 bits per heavy atom. The highest BCUT2D eigenvalue weighted by Gasteiger charge is 2.36. The van der Waals surface area contributed by atoms with Crippen LogP contribution in [-0.2, 0) is 27.8 Å². The van der Waals surface area contributed by atoms with Crippen LogP contribution < -0.4 is 20.1 Å². The van der Waals surface area contributed by atoms with Crippen molar-refractivity contribution in [2.24, 2.45) is 0 Å². The zero-order valence-corrected chi connectivity index (χ0v) is 24.6. The van der Waals surface area contributed by atoms with E-state index in [1.165, 1.54) is 11.4 Å². The molecular weight excluding hydrogens is 558 g/mol. The Kier molecular flexibility index (Phi) is 11.6. The fraction of sp³-hybridized carbons (Fsp3) is 0.387. The van der Waals surface area contributed by atoms with Crippen LogP contribution >= 0.6 is 0 Å². The summed E-state index contributed by atoms with van der Waals surface area (Å²) in [4.78, 5) is 11.3. The van der Waals surface area contributed by atoms with Crippen LogP contribution in [0.1, 0.15) is 24.0 Å². The van der Waals surface area contributed by atoms with Gasteiger partial charge in [-0.25, -0.2) is 13.2 Å². The molecule has 3 N–H and O–H groups in total. The molecule has 1 atom stereocenters. The van der Waals surface area contributed by atoms with E-state index in [1.54, 1.807) is 24.3 Å². The molecule has 1 heterocycles. The average molecular weight is 598 g/mol. The maximum atomic E-state index is 13.0. The van der Waals surface area contributed by atoms with Crippen LogP contribution in [0.2, 0.25) is 0 Å². The number of aryl methyl sites for hydroxylation is 1. The highest BCUT2D eigenvalue weighted by Crippen LogP contribution is 2.23. The van der Waals surface area contributed by atoms with Crippen molar-refractivity contribution in [2.75, 3.05) is 39.9 Å². The lowest BCUT2D eigenvalue weighted by molar-refractivity contribution is 0.0957. The molecule has 42 heavy (non-hydrogen) atoms. The van der Waals surface area contributed by atoms with E-state index in [0.29, 0.717) is 38.5 Å². The number of hydrogen-bond donors (Lipinski definition) is 3. The summed E-state index contributed by atoms with van der Waals surface area (Å²) in [5.74, 6) is 1.36. The smallest absolute Gasteiger partial charge is 0.406 e. The summed E-state index contributed by atoms with van der Waals surface area (Å²) in [6, 6.07) is 24.1. The van der Waals surface area contributed by atoms with Gasteiger partial charge in [-0.3, -0.25) is 0 Å². The number of amides is 1. The minimum atomic E-state index is -3.57. The number of aliphatic hydroxyl groups is 1. The van der Waals surface area contributed by atoms with E-state index < -0.39 is 22.2 Å². The van der Waals surface area contributed by atoms with Crippen LogP contribution in [0.15, 0.2) is 83.8 Å². The van der Waals surface area contributed by atoms with E-state index in [0.717, 1.165) is 36.1 Å². The third-order valence-corrected chi connectivity index (χ3v) is 8.76. The molecule has 11 heteroatoms. The fourth-order valence-corrected chi connectivity index (χ4v) is 5.92. The first-order chi connectivity index (χ1) is 20.3. The molecule has 0 aromatic heterocycles. The Morgan fingerprint density at radius 1 is 0.929 bits per heavy atom. The van der Waals surface area contributed by atoms with E-state index in [1.807, 2.05) is 54.6 Å². The van der Waals surface area contributed by atoms with Crippen LogP contribution in [0, 0.1) is 0 Å². The number of aliphatic hydroxyl groups excluding tert-OH is 1. The second kappa shape index (κ2) is 15.5. The average Bonchev–Trinajstić information content (AvgIpc) is 2.99. The van der Waals surface area contributed by atoms with Crippen LogP contribution in [0.3, 0.4) is 0 Å². The van der Waals surface area contributed by atoms with Crippen LogP contribution in [-0.4, -0.2) is 76.0 Å². The number of hydrogen-bond acceptors (Lipinski definition) is 8. The first kappa shape index (κ1) is 31.3. The van der Waals surface area contributed by atoms with Crippen molar-refractivity contribution in [3.8, 4) is 11.5 Å². The van der Waals surface area contributed by atoms with Gasteiger partial charge >= 0.3 is 6.09 Å². The third-order valence-electron chi connectivity index (χ3n) is 6.91. The maximum Gasteiger partial charge on any atom is 0.406 e. The van der Waals surface area contributed by atoms with E-state index in [9.17, 15) is 18.3 Å². The van der Waals surface area contributed by atoms with E-state index in [-0.39, 0.29) is 17.5 Å². The van der Waals surface area contributed by atoms with Crippen LogP contribution in [0.4, 0.5) is 4.79 Å². The Bertz CT molecular complexity index is 1350. The predicted octanol–water partition coefficient (Wildman–Crippen LogP) is 3.35. The molecule has 4 rings (SSSR count). The molecule has 1 aliphatic rings. The molecule has 0 spiro atoms. The minimum absolute atomic E-state index is 0.0339. The molecule has 1 unspecified atom stereocenters. The zero-order valence-electron chi connectivity index (χ0n) is 23.8. The van der Waals surface area contributed by atoms with Gasteiger partial charge in [-0.2, -0.15) is 4.31 Å². The number of unbranched alkanes of at least 4 members (excludes halogenated alkanes) is 1. The molecule has 1 amide bonds. The molecule has 3 aromatic carbocycles. The van der Waals surface area contributed by atoms with Gasteiger partial charge in [0.15, 0.2) is 0 Å². The molecule has 0 bridgehead atoms. The standard InChI is InChI=1S/C31H39N3O7S/c1-39-31(36)32-18-6-5-7-24-10-16-30(17-11-24)42(37,38)34-20-26(21-34)33-19-27(35)23-41-29-14-12-28(13-15-29)40-22-25-8-3-2-4-9-25/h2-4,8-17,26-27,33,35H,5-7,18-23H2,1H3,(H,32,36). The molecule has 0 saturated carbocycles. The van der Waals surface area contributed by atoms with Crippen molar-refractivity contribution >= 4 is 16.1 Å². The number of rotatable bonds is 16. The lowest BCUT2D eigenvalue weighted by atomic mass is 10.1. The zero-order chi connectivity index (χ0) is 29.8. The second-order valence-corrected chi connectivity index (χ2v) is 12.1. The topological polar surface area (TPSA) is 126 Å². The summed E-state index contributed by atoms with van der Waals surface area (Å²) in [6.45, 7) is 2.11. The number of ether oxygens (including phenoxy) is 3. The summed E-state index contributed by atoms with van der Waals surface area (Å²) >= 11 is 0. The van der Waals surface area contributed by atoms with E-state index >= 15 is 0 Å². The molecular formula is C31H39N3O7S. The Hall–Kier alpha value is -3.64. The van der Waals surface area contributed by atoms with Gasteiger partial charge in [-0.1, -0.05) is 42.5 Å². The summed E-state index contributed by atoms with van der Waals surface area (Å²) < 4.78 is 43.4. The molecule has 10 nitrogen and oxygen atoms in total. The number of alkyl carbamates (subject to hydrolysis) is 1. The van der Waals surface area contributed by atoms with Crippen molar-refractivity contribution in [3.63, 3.8) is 0 Å². The third kappa shape index (κ3) is 9.45. The first-order valence-electron chi connectivity index (χ1n) is 14.1. The molecule has 3 aromatic rings. The lowest BCUT2D eigenvalue weighted by Gasteiger charge is -2.38. The van der Waals surface area contributed by atoms with E-state index in [4.69, 9.17) is 9.47 Å². The van der Waals surface area contributed by atoms with Gasteiger partial charge in [0.1, 0.15) is 30.8 Å². The highest BCUT2D eigenvalue weighted by molar-refractivity contribution is 7.89. The summed E-state index contributed by atoms with van der Waals surface area (Å²) in [7, 11) is -2.24. The Balaban J connectivity index is 1.10. The number of benzene rings is 3. The molecule has 0 radical (unpaired) electrons. The highest BCUT2D eigenvalue weighted by atomic mass is 32.2. The van der Waals surface area contributed by atoms with Gasteiger partial charge < -0.3 is 30.0 Å². The van der Waals surface area contributed by atoms with Crippen LogP contribution in [0.5, 0.6) is 11.5 Å². The Labute approximate surface area is 247 Å². The van der Waals surface area contributed by atoms with Crippen molar-refractivity contribution < 1.29 is 32.5 Å². The van der Waals surface area contributed by atoms with Gasteiger partial charge in [0, 0.05) is 32.2 Å². The molecule has 1 fully saturated rings. The number of sulfonamides is 1. The molecule has 226 valence electrons. The Morgan fingerprint density at radius 2 is 1.60 bits per heavy atom. The number of nitrogens with one attached hydrogen (secondary N) is 2. The van der Waals surface area contributed by atoms with Crippen molar-refractivity contribution in [1.29, 1.82) is 0 Å². The number of carbonyl (C=O) groups excluding carboxylic acids is 1. The van der Waals surface area contributed by atoms with Crippen LogP contribution in [0.25, 0.3) is 0 Å². The quantitative estimate of drug-likeness (QED) is 0.215. The summed E-state index contributed by atoms with van der Waals surface area (Å²) in [5, 5.41) is 16.2. The second-order valence-electron chi connectivity index (χ2n) is 10.2. The molecule has 1 aliphatic heterocycles. The minimum Gasteiger partial charge on any atom is -0.491 e. The van der Waals surface area contributed by atoms with E-state index in [2.05, 4.69) is 15.4 Å². The SMILES string of the molecule is COC(=O)NCCCCc1ccc(S(=O)(=O)N2CC(NCC(O)COc3ccc(OCc4ccccc4)cc3)C2)cc1. The van der Waals surface area contributed by atoms with Gasteiger partial charge in [0.2, 0.25) is 10.0 Å². The molecule has 0 aliphatic carbocycles.